The molecule has 0 N–H and O–H groups in total. The molecule has 0 spiro atoms. The normalized spacial score (nSPS) is 10.2. The summed E-state index contributed by atoms with van der Waals surface area (Å²) in [5.74, 6) is -1.22. The average Bonchev–Trinajstić information content (AvgIpc) is 2.09. The van der Waals surface area contributed by atoms with Crippen LogP contribution < -0.4 is 5.11 Å². The minimum atomic E-state index is -1.11. The number of carbonyl (C=O) groups excluding carboxylic acids is 1. The van der Waals surface area contributed by atoms with E-state index >= 15 is 0 Å². The van der Waals surface area contributed by atoms with Crippen LogP contribution in [0.4, 0.5) is 0 Å². The first-order chi connectivity index (χ1) is 6.50. The molecule has 0 radical (unpaired) electrons. The number of thioether (sulfide) groups is 1. The molecule has 0 unspecified atom stereocenters. The second kappa shape index (κ2) is 4.91. The lowest BCUT2D eigenvalue weighted by molar-refractivity contribution is -0.301. The number of hydrogen-bond acceptors (Lipinski definition) is 3. The third kappa shape index (κ3) is 3.08. The first kappa shape index (κ1) is 11.7. The number of carboxylic acids is 1. The van der Waals surface area contributed by atoms with Crippen LogP contribution in [0.25, 0.3) is 0 Å². The summed E-state index contributed by atoms with van der Waals surface area (Å²) in [4.78, 5) is 10.9. The van der Waals surface area contributed by atoms with Gasteiger partial charge in [-0.25, -0.2) is 0 Å². The van der Waals surface area contributed by atoms with E-state index in [9.17, 15) is 9.90 Å². The van der Waals surface area contributed by atoms with Crippen LogP contribution in [0.1, 0.15) is 5.56 Å². The summed E-state index contributed by atoms with van der Waals surface area (Å²) in [6.45, 7) is 1.84. The Morgan fingerprint density at radius 3 is 2.64 bits per heavy atom. The highest BCUT2D eigenvalue weighted by Gasteiger charge is 2.04. The van der Waals surface area contributed by atoms with E-state index in [2.05, 4.69) is 0 Å². The third-order valence-corrected chi connectivity index (χ3v) is 3.42. The zero-order valence-electron chi connectivity index (χ0n) is 7.34. The Bertz CT molecular complexity index is 366. The van der Waals surface area contributed by atoms with Crippen molar-refractivity contribution in [1.82, 2.24) is 0 Å². The van der Waals surface area contributed by atoms with Gasteiger partial charge in [0.15, 0.2) is 0 Å². The van der Waals surface area contributed by atoms with Crippen molar-refractivity contribution in [2.45, 2.75) is 11.8 Å². The predicted molar refractivity (Wildman–Crippen MR) is 56.9 cm³/mol. The number of carbonyl (C=O) groups is 1. The van der Waals surface area contributed by atoms with Crippen molar-refractivity contribution in [3.63, 3.8) is 0 Å². The summed E-state index contributed by atoms with van der Waals surface area (Å²) in [6, 6.07) is 3.37. The lowest BCUT2D eigenvalue weighted by Gasteiger charge is -2.07. The van der Waals surface area contributed by atoms with Crippen molar-refractivity contribution < 1.29 is 9.90 Å². The molecule has 0 fully saturated rings. The van der Waals surface area contributed by atoms with Crippen molar-refractivity contribution in [2.75, 3.05) is 5.75 Å². The number of hydrogen-bond donors (Lipinski definition) is 0. The fourth-order valence-electron chi connectivity index (χ4n) is 0.878. The summed E-state index contributed by atoms with van der Waals surface area (Å²) in [7, 11) is 0. The Hall–Kier alpha value is -0.380. The number of aryl methyl sites for hydroxylation is 1. The summed E-state index contributed by atoms with van der Waals surface area (Å²) >= 11 is 12.8. The topological polar surface area (TPSA) is 40.1 Å². The summed E-state index contributed by atoms with van der Waals surface area (Å²) in [5.41, 5.74) is 0.872. The van der Waals surface area contributed by atoms with Gasteiger partial charge in [0.05, 0.1) is 11.0 Å². The van der Waals surface area contributed by atoms with Gasteiger partial charge in [-0.15, -0.1) is 11.8 Å². The first-order valence-electron chi connectivity index (χ1n) is 3.79. The minimum absolute atomic E-state index is 0.110. The van der Waals surface area contributed by atoms with Crippen LogP contribution in [0, 0.1) is 6.92 Å². The molecule has 0 aliphatic rings. The van der Waals surface area contributed by atoms with Crippen molar-refractivity contribution >= 4 is 40.9 Å². The zero-order valence-corrected chi connectivity index (χ0v) is 9.67. The van der Waals surface area contributed by atoms with Gasteiger partial charge in [0, 0.05) is 15.7 Å². The fraction of sp³-hybridized carbons (Fsp3) is 0.222. The van der Waals surface area contributed by atoms with E-state index in [1.807, 2.05) is 6.92 Å². The lowest BCUT2D eigenvalue weighted by atomic mass is 10.2. The number of carboxylic acid groups (broad SMARTS) is 1. The van der Waals surface area contributed by atoms with Gasteiger partial charge in [-0.05, 0) is 24.6 Å². The second-order valence-electron chi connectivity index (χ2n) is 2.69. The molecule has 2 nitrogen and oxygen atoms in total. The number of aliphatic carboxylic acids is 1. The Labute approximate surface area is 96.2 Å². The molecule has 1 rings (SSSR count). The van der Waals surface area contributed by atoms with Gasteiger partial charge in [0.25, 0.3) is 0 Å². The van der Waals surface area contributed by atoms with Gasteiger partial charge in [-0.1, -0.05) is 23.2 Å². The molecule has 5 heteroatoms. The quantitative estimate of drug-likeness (QED) is 0.771. The Balaban J connectivity index is 2.87. The van der Waals surface area contributed by atoms with Gasteiger partial charge in [-0.2, -0.15) is 0 Å². The number of benzene rings is 1. The summed E-state index contributed by atoms with van der Waals surface area (Å²) < 4.78 is 0. The van der Waals surface area contributed by atoms with Gasteiger partial charge in [0.2, 0.25) is 0 Å². The molecule has 1 aromatic carbocycles. The molecular formula is C9H7Cl2O2S-. The minimum Gasteiger partial charge on any atom is -0.549 e. The van der Waals surface area contributed by atoms with Gasteiger partial charge in [0.1, 0.15) is 0 Å². The van der Waals surface area contributed by atoms with Crippen molar-refractivity contribution in [1.29, 1.82) is 0 Å². The Morgan fingerprint density at radius 2 is 2.07 bits per heavy atom. The molecule has 0 atom stereocenters. The smallest absolute Gasteiger partial charge is 0.0556 e. The number of rotatable bonds is 3. The molecular weight excluding hydrogens is 243 g/mol. The lowest BCUT2D eigenvalue weighted by Crippen LogP contribution is -2.24. The molecule has 0 heterocycles. The molecule has 0 saturated heterocycles. The molecule has 0 aromatic heterocycles. The highest BCUT2D eigenvalue weighted by atomic mass is 35.5. The van der Waals surface area contributed by atoms with Crippen LogP contribution in [0.2, 0.25) is 10.0 Å². The molecule has 0 bridgehead atoms. The van der Waals surface area contributed by atoms with E-state index in [0.29, 0.717) is 14.9 Å². The van der Waals surface area contributed by atoms with Crippen molar-refractivity contribution in [2.24, 2.45) is 0 Å². The first-order valence-corrected chi connectivity index (χ1v) is 5.53. The summed E-state index contributed by atoms with van der Waals surface area (Å²) in [6.07, 6.45) is 0. The van der Waals surface area contributed by atoms with Crippen LogP contribution >= 0.6 is 35.0 Å². The van der Waals surface area contributed by atoms with Gasteiger partial charge >= 0.3 is 0 Å². The van der Waals surface area contributed by atoms with Crippen LogP contribution in [0.5, 0.6) is 0 Å². The standard InChI is InChI=1S/C9H8Cl2O2S/c1-5-2-8(14-4-9(12)13)7(11)3-6(5)10/h2-3H,4H2,1H3,(H,12,13)/p-1. The third-order valence-electron chi connectivity index (χ3n) is 1.56. The van der Waals surface area contributed by atoms with Crippen LogP contribution in [-0.4, -0.2) is 11.7 Å². The molecule has 0 aliphatic carbocycles. The van der Waals surface area contributed by atoms with E-state index in [1.54, 1.807) is 12.1 Å². The van der Waals surface area contributed by atoms with E-state index in [0.717, 1.165) is 17.3 Å². The van der Waals surface area contributed by atoms with Gasteiger partial charge < -0.3 is 9.90 Å². The van der Waals surface area contributed by atoms with Crippen LogP contribution in [0.3, 0.4) is 0 Å². The maximum atomic E-state index is 10.2. The monoisotopic (exact) mass is 249 g/mol. The largest absolute Gasteiger partial charge is 0.549 e. The molecule has 76 valence electrons. The van der Waals surface area contributed by atoms with Gasteiger partial charge in [-0.3, -0.25) is 0 Å². The van der Waals surface area contributed by atoms with Crippen molar-refractivity contribution in [3.05, 3.63) is 27.7 Å². The van der Waals surface area contributed by atoms with Crippen LogP contribution in [0.15, 0.2) is 17.0 Å². The average molecular weight is 250 g/mol. The molecule has 1 aromatic rings. The second-order valence-corrected chi connectivity index (χ2v) is 4.52. The molecule has 0 amide bonds. The maximum absolute atomic E-state index is 10.2. The zero-order chi connectivity index (χ0) is 10.7. The highest BCUT2D eigenvalue weighted by Crippen LogP contribution is 2.31. The van der Waals surface area contributed by atoms with E-state index in [1.165, 1.54) is 0 Å². The van der Waals surface area contributed by atoms with Crippen molar-refractivity contribution in [3.8, 4) is 0 Å². The van der Waals surface area contributed by atoms with E-state index < -0.39 is 5.97 Å². The Morgan fingerprint density at radius 1 is 1.43 bits per heavy atom. The molecule has 0 aliphatic heterocycles. The predicted octanol–water partition coefficient (Wildman–Crippen LogP) is 2.14. The Kier molecular flexibility index (Phi) is 4.11. The molecule has 14 heavy (non-hydrogen) atoms. The SMILES string of the molecule is Cc1cc(SCC(=O)[O-])c(Cl)cc1Cl. The van der Waals surface area contributed by atoms with E-state index in [4.69, 9.17) is 23.2 Å². The fourth-order valence-corrected chi connectivity index (χ4v) is 2.16. The molecule has 0 saturated carbocycles. The van der Waals surface area contributed by atoms with E-state index in [-0.39, 0.29) is 5.75 Å². The summed E-state index contributed by atoms with van der Waals surface area (Å²) in [5, 5.41) is 11.3. The number of halogens is 2. The van der Waals surface area contributed by atoms with Crippen LogP contribution in [-0.2, 0) is 4.79 Å². The highest BCUT2D eigenvalue weighted by molar-refractivity contribution is 8.00. The maximum Gasteiger partial charge on any atom is 0.0556 e.